The number of carbonyl (C=O) groups excluding carboxylic acids is 2. The van der Waals surface area contributed by atoms with Gasteiger partial charge in [0.2, 0.25) is 11.8 Å². The van der Waals surface area contributed by atoms with Crippen molar-refractivity contribution >= 4 is 35.3 Å². The van der Waals surface area contributed by atoms with E-state index < -0.39 is 0 Å². The van der Waals surface area contributed by atoms with E-state index in [1.165, 1.54) is 6.21 Å². The minimum Gasteiger partial charge on any atom is -0.326 e. The van der Waals surface area contributed by atoms with Crippen LogP contribution >= 0.6 is 11.6 Å². The number of carbonyl (C=O) groups is 2. The maximum atomic E-state index is 11.9. The van der Waals surface area contributed by atoms with Crippen molar-refractivity contribution in [2.24, 2.45) is 5.10 Å². The second-order valence-electron chi connectivity index (χ2n) is 5.69. The second kappa shape index (κ2) is 8.99. The Labute approximate surface area is 152 Å². The molecule has 0 atom stereocenters. The van der Waals surface area contributed by atoms with Crippen molar-refractivity contribution in [2.75, 3.05) is 5.32 Å². The van der Waals surface area contributed by atoms with Gasteiger partial charge in [-0.25, -0.2) is 5.43 Å². The Morgan fingerprint density at radius 2 is 1.68 bits per heavy atom. The zero-order valence-electron chi connectivity index (χ0n) is 14.2. The highest BCUT2D eigenvalue weighted by molar-refractivity contribution is 6.30. The first-order valence-corrected chi connectivity index (χ1v) is 8.26. The Kier molecular flexibility index (Phi) is 6.71. The minimum absolute atomic E-state index is 0.0641. The van der Waals surface area contributed by atoms with Crippen LogP contribution in [-0.4, -0.2) is 18.0 Å². The standard InChI is InChI=1S/C19H20ClN3O2/c1-13-3-8-17(11-14(13)2)22-18(24)9-10-19(25)23-21-12-15-4-6-16(20)7-5-15/h3-8,11-12H,9-10H2,1-2H3,(H,22,24)(H,23,25). The van der Waals surface area contributed by atoms with E-state index in [9.17, 15) is 9.59 Å². The average molecular weight is 358 g/mol. The van der Waals surface area contributed by atoms with Gasteiger partial charge in [0, 0.05) is 23.6 Å². The summed E-state index contributed by atoms with van der Waals surface area (Å²) >= 11 is 5.79. The summed E-state index contributed by atoms with van der Waals surface area (Å²) in [5.41, 5.74) is 6.21. The third kappa shape index (κ3) is 6.39. The Bertz CT molecular complexity index is 786. The molecule has 2 amide bonds. The summed E-state index contributed by atoms with van der Waals surface area (Å²) in [6, 6.07) is 12.7. The fourth-order valence-corrected chi connectivity index (χ4v) is 2.18. The van der Waals surface area contributed by atoms with Crippen LogP contribution in [0.15, 0.2) is 47.6 Å². The van der Waals surface area contributed by atoms with Gasteiger partial charge < -0.3 is 5.32 Å². The first-order chi connectivity index (χ1) is 11.9. The van der Waals surface area contributed by atoms with E-state index in [0.29, 0.717) is 5.02 Å². The summed E-state index contributed by atoms with van der Waals surface area (Å²) in [6.45, 7) is 3.99. The number of rotatable bonds is 6. The van der Waals surface area contributed by atoms with E-state index >= 15 is 0 Å². The molecule has 2 rings (SSSR count). The topological polar surface area (TPSA) is 70.6 Å². The maximum absolute atomic E-state index is 11.9. The minimum atomic E-state index is -0.319. The first-order valence-electron chi connectivity index (χ1n) is 7.88. The molecule has 0 heterocycles. The fourth-order valence-electron chi connectivity index (χ4n) is 2.05. The lowest BCUT2D eigenvalue weighted by Gasteiger charge is -2.07. The molecule has 0 fully saturated rings. The highest BCUT2D eigenvalue weighted by Crippen LogP contribution is 2.14. The highest BCUT2D eigenvalue weighted by Gasteiger charge is 2.07. The fraction of sp³-hybridized carbons (Fsp3) is 0.211. The molecule has 5 nitrogen and oxygen atoms in total. The van der Waals surface area contributed by atoms with E-state index in [0.717, 1.165) is 22.4 Å². The molecule has 2 aromatic carbocycles. The zero-order valence-corrected chi connectivity index (χ0v) is 14.9. The van der Waals surface area contributed by atoms with Gasteiger partial charge in [0.15, 0.2) is 0 Å². The molecule has 2 aromatic rings. The molecule has 2 N–H and O–H groups in total. The molecule has 130 valence electrons. The van der Waals surface area contributed by atoms with Crippen LogP contribution < -0.4 is 10.7 Å². The van der Waals surface area contributed by atoms with E-state index in [2.05, 4.69) is 15.8 Å². The molecule has 0 spiro atoms. The van der Waals surface area contributed by atoms with Crippen LogP contribution in [0.25, 0.3) is 0 Å². The van der Waals surface area contributed by atoms with Crippen molar-refractivity contribution in [3.63, 3.8) is 0 Å². The third-order valence-corrected chi connectivity index (χ3v) is 3.89. The van der Waals surface area contributed by atoms with Crippen molar-refractivity contribution in [3.05, 3.63) is 64.2 Å². The van der Waals surface area contributed by atoms with Gasteiger partial charge in [-0.15, -0.1) is 0 Å². The summed E-state index contributed by atoms with van der Waals surface area (Å²) in [4.78, 5) is 23.6. The predicted octanol–water partition coefficient (Wildman–Crippen LogP) is 3.83. The highest BCUT2D eigenvalue weighted by atomic mass is 35.5. The van der Waals surface area contributed by atoms with Crippen molar-refractivity contribution in [3.8, 4) is 0 Å². The molecule has 0 saturated heterocycles. The maximum Gasteiger partial charge on any atom is 0.240 e. The molecule has 0 bridgehead atoms. The molecular weight excluding hydrogens is 338 g/mol. The molecule has 6 heteroatoms. The number of aryl methyl sites for hydroxylation is 2. The Balaban J connectivity index is 1.74. The molecule has 0 aliphatic rings. The second-order valence-corrected chi connectivity index (χ2v) is 6.13. The summed E-state index contributed by atoms with van der Waals surface area (Å²) in [6.07, 6.45) is 1.67. The molecule has 0 saturated carbocycles. The molecule has 0 aromatic heterocycles. The van der Waals surface area contributed by atoms with Crippen molar-refractivity contribution in [1.29, 1.82) is 0 Å². The number of hydrazone groups is 1. The Hall–Kier alpha value is -2.66. The van der Waals surface area contributed by atoms with Crippen LogP contribution in [0.5, 0.6) is 0 Å². The van der Waals surface area contributed by atoms with Crippen LogP contribution in [0.1, 0.15) is 29.5 Å². The lowest BCUT2D eigenvalue weighted by atomic mass is 10.1. The van der Waals surface area contributed by atoms with Gasteiger partial charge in [-0.3, -0.25) is 9.59 Å². The third-order valence-electron chi connectivity index (χ3n) is 3.64. The molecule has 0 radical (unpaired) electrons. The number of nitrogens with one attached hydrogen (secondary N) is 2. The number of hydrogen-bond acceptors (Lipinski definition) is 3. The van der Waals surface area contributed by atoms with Crippen LogP contribution in [0.2, 0.25) is 5.02 Å². The first kappa shape index (κ1) is 18.7. The van der Waals surface area contributed by atoms with E-state index in [1.807, 2.05) is 32.0 Å². The predicted molar refractivity (Wildman–Crippen MR) is 101 cm³/mol. The number of halogens is 1. The number of anilines is 1. The van der Waals surface area contributed by atoms with Gasteiger partial charge in [0.05, 0.1) is 6.21 Å². The Morgan fingerprint density at radius 3 is 2.36 bits per heavy atom. The zero-order chi connectivity index (χ0) is 18.2. The van der Waals surface area contributed by atoms with E-state index in [-0.39, 0.29) is 24.7 Å². The van der Waals surface area contributed by atoms with E-state index in [1.54, 1.807) is 24.3 Å². The van der Waals surface area contributed by atoms with Crippen LogP contribution in [-0.2, 0) is 9.59 Å². The van der Waals surface area contributed by atoms with Crippen LogP contribution in [0.3, 0.4) is 0 Å². The smallest absolute Gasteiger partial charge is 0.240 e. The molecule has 25 heavy (non-hydrogen) atoms. The summed E-state index contributed by atoms with van der Waals surface area (Å²) in [7, 11) is 0. The average Bonchev–Trinajstić information content (AvgIpc) is 2.58. The van der Waals surface area contributed by atoms with Crippen LogP contribution in [0, 0.1) is 13.8 Å². The van der Waals surface area contributed by atoms with Gasteiger partial charge in [0.1, 0.15) is 0 Å². The van der Waals surface area contributed by atoms with Crippen LogP contribution in [0.4, 0.5) is 5.69 Å². The lowest BCUT2D eigenvalue weighted by Crippen LogP contribution is -2.20. The monoisotopic (exact) mass is 357 g/mol. The SMILES string of the molecule is Cc1ccc(NC(=O)CCC(=O)NN=Cc2ccc(Cl)cc2)cc1C. The summed E-state index contributed by atoms with van der Waals surface area (Å²) in [5.74, 6) is -0.527. The molecular formula is C19H20ClN3O2. The van der Waals surface area contributed by atoms with Gasteiger partial charge in [-0.1, -0.05) is 29.8 Å². The molecule has 0 unspecified atom stereocenters. The normalized spacial score (nSPS) is 10.7. The summed E-state index contributed by atoms with van der Waals surface area (Å²) < 4.78 is 0. The van der Waals surface area contributed by atoms with Gasteiger partial charge in [0.25, 0.3) is 0 Å². The van der Waals surface area contributed by atoms with Gasteiger partial charge >= 0.3 is 0 Å². The lowest BCUT2D eigenvalue weighted by molar-refractivity contribution is -0.124. The van der Waals surface area contributed by atoms with E-state index in [4.69, 9.17) is 11.6 Å². The summed E-state index contributed by atoms with van der Waals surface area (Å²) in [5, 5.41) is 7.27. The number of nitrogens with zero attached hydrogens (tertiary/aromatic N) is 1. The van der Waals surface area contributed by atoms with Crippen molar-refractivity contribution < 1.29 is 9.59 Å². The molecule has 0 aliphatic carbocycles. The largest absolute Gasteiger partial charge is 0.326 e. The number of benzene rings is 2. The number of amides is 2. The van der Waals surface area contributed by atoms with Crippen molar-refractivity contribution in [1.82, 2.24) is 5.43 Å². The van der Waals surface area contributed by atoms with Crippen molar-refractivity contribution in [2.45, 2.75) is 26.7 Å². The number of hydrogen-bond donors (Lipinski definition) is 2. The quantitative estimate of drug-likeness (QED) is 0.609. The van der Waals surface area contributed by atoms with Gasteiger partial charge in [-0.05, 0) is 54.8 Å². The Morgan fingerprint density at radius 1 is 1.00 bits per heavy atom. The van der Waals surface area contributed by atoms with Gasteiger partial charge in [-0.2, -0.15) is 5.10 Å². The molecule has 0 aliphatic heterocycles.